The standard InChI is InChI=1S/C20H18ClN3O2/c1-12-18(13(2)24(3)23-12)20(26)22-17-10-9-15(21)11-16(17)19(25)14-7-5-4-6-8-14/h4-11H,1-3H3,(H,22,26). The molecule has 0 aliphatic carbocycles. The molecule has 0 aliphatic rings. The Labute approximate surface area is 156 Å². The van der Waals surface area contributed by atoms with E-state index in [1.807, 2.05) is 13.0 Å². The molecule has 6 heteroatoms. The summed E-state index contributed by atoms with van der Waals surface area (Å²) in [6, 6.07) is 13.7. The molecule has 0 atom stereocenters. The maximum atomic E-state index is 12.8. The number of carbonyl (C=O) groups excluding carboxylic acids is 2. The molecule has 3 rings (SSSR count). The van der Waals surface area contributed by atoms with Crippen molar-refractivity contribution < 1.29 is 9.59 Å². The van der Waals surface area contributed by atoms with Crippen molar-refractivity contribution in [2.75, 3.05) is 5.32 Å². The highest BCUT2D eigenvalue weighted by Crippen LogP contribution is 2.25. The number of aromatic nitrogens is 2. The molecule has 0 bridgehead atoms. The molecular weight excluding hydrogens is 350 g/mol. The summed E-state index contributed by atoms with van der Waals surface area (Å²) in [5, 5.41) is 7.52. The molecule has 0 saturated heterocycles. The normalized spacial score (nSPS) is 10.6. The molecule has 2 aromatic carbocycles. The van der Waals surface area contributed by atoms with E-state index in [0.717, 1.165) is 5.69 Å². The third-order valence-corrected chi connectivity index (χ3v) is 4.48. The molecule has 0 radical (unpaired) electrons. The minimum atomic E-state index is -0.308. The number of rotatable bonds is 4. The summed E-state index contributed by atoms with van der Waals surface area (Å²) in [4.78, 5) is 25.6. The van der Waals surface area contributed by atoms with Crippen molar-refractivity contribution in [2.45, 2.75) is 13.8 Å². The molecule has 1 amide bonds. The van der Waals surface area contributed by atoms with Crippen LogP contribution in [-0.2, 0) is 7.05 Å². The quantitative estimate of drug-likeness (QED) is 0.704. The van der Waals surface area contributed by atoms with Gasteiger partial charge in [0.2, 0.25) is 0 Å². The average molecular weight is 368 g/mol. The van der Waals surface area contributed by atoms with Crippen LogP contribution in [0.3, 0.4) is 0 Å². The van der Waals surface area contributed by atoms with E-state index < -0.39 is 0 Å². The Morgan fingerprint density at radius 3 is 2.38 bits per heavy atom. The van der Waals surface area contributed by atoms with Crippen LogP contribution in [-0.4, -0.2) is 21.5 Å². The van der Waals surface area contributed by atoms with Gasteiger partial charge >= 0.3 is 0 Å². The Balaban J connectivity index is 1.98. The van der Waals surface area contributed by atoms with Crippen molar-refractivity contribution in [3.63, 3.8) is 0 Å². The van der Waals surface area contributed by atoms with Crippen molar-refractivity contribution in [3.8, 4) is 0 Å². The lowest BCUT2D eigenvalue weighted by molar-refractivity contribution is 0.102. The molecular formula is C20H18ClN3O2. The van der Waals surface area contributed by atoms with Crippen molar-refractivity contribution in [1.82, 2.24) is 9.78 Å². The third kappa shape index (κ3) is 3.39. The van der Waals surface area contributed by atoms with Crippen LogP contribution in [0.15, 0.2) is 48.5 Å². The lowest BCUT2D eigenvalue weighted by Gasteiger charge is -2.11. The summed E-state index contributed by atoms with van der Waals surface area (Å²) in [5.74, 6) is -0.513. The lowest BCUT2D eigenvalue weighted by atomic mass is 10.0. The number of carbonyl (C=O) groups is 2. The second kappa shape index (κ2) is 7.14. The van der Waals surface area contributed by atoms with Gasteiger partial charge in [0.15, 0.2) is 5.78 Å². The van der Waals surface area contributed by atoms with Crippen LogP contribution in [0.25, 0.3) is 0 Å². The highest BCUT2D eigenvalue weighted by molar-refractivity contribution is 6.31. The highest BCUT2D eigenvalue weighted by atomic mass is 35.5. The smallest absolute Gasteiger partial charge is 0.259 e. The van der Waals surface area contributed by atoms with Gasteiger partial charge in [-0.15, -0.1) is 0 Å². The van der Waals surface area contributed by atoms with Gasteiger partial charge in [-0.25, -0.2) is 0 Å². The van der Waals surface area contributed by atoms with Crippen LogP contribution in [0.1, 0.15) is 37.7 Å². The molecule has 0 aliphatic heterocycles. The van der Waals surface area contributed by atoms with Gasteiger partial charge in [0.05, 0.1) is 16.9 Å². The summed E-state index contributed by atoms with van der Waals surface area (Å²) in [6.07, 6.45) is 0. The number of benzene rings is 2. The second-order valence-electron chi connectivity index (χ2n) is 6.01. The minimum Gasteiger partial charge on any atom is -0.321 e. The van der Waals surface area contributed by atoms with Crippen molar-refractivity contribution in [3.05, 3.63) is 81.6 Å². The van der Waals surface area contributed by atoms with Gasteiger partial charge in [-0.2, -0.15) is 5.10 Å². The van der Waals surface area contributed by atoms with Gasteiger partial charge in [0.1, 0.15) is 0 Å². The minimum absolute atomic E-state index is 0.206. The van der Waals surface area contributed by atoms with Crippen LogP contribution in [0, 0.1) is 13.8 Å². The fourth-order valence-corrected chi connectivity index (χ4v) is 3.02. The van der Waals surface area contributed by atoms with Gasteiger partial charge in [-0.05, 0) is 32.0 Å². The molecule has 0 saturated carbocycles. The highest BCUT2D eigenvalue weighted by Gasteiger charge is 2.20. The van der Waals surface area contributed by atoms with Crippen molar-refractivity contribution >= 4 is 29.0 Å². The number of nitrogens with one attached hydrogen (secondary N) is 1. The van der Waals surface area contributed by atoms with Crippen molar-refractivity contribution in [2.24, 2.45) is 7.05 Å². The summed E-state index contributed by atoms with van der Waals surface area (Å²) in [7, 11) is 1.78. The molecule has 132 valence electrons. The first-order valence-electron chi connectivity index (χ1n) is 8.09. The first-order chi connectivity index (χ1) is 12.4. The number of anilines is 1. The zero-order valence-corrected chi connectivity index (χ0v) is 15.5. The Morgan fingerprint density at radius 1 is 1.08 bits per heavy atom. The number of amides is 1. The van der Waals surface area contributed by atoms with Crippen LogP contribution < -0.4 is 5.32 Å². The van der Waals surface area contributed by atoms with Gasteiger partial charge in [0, 0.05) is 28.9 Å². The molecule has 0 unspecified atom stereocenters. The van der Waals surface area contributed by atoms with Gasteiger partial charge in [-0.3, -0.25) is 14.3 Å². The number of aryl methyl sites for hydroxylation is 2. The largest absolute Gasteiger partial charge is 0.321 e. The van der Waals surface area contributed by atoms with E-state index in [9.17, 15) is 9.59 Å². The Bertz CT molecular complexity index is 994. The summed E-state index contributed by atoms with van der Waals surface area (Å²) >= 11 is 6.08. The molecule has 1 heterocycles. The molecule has 0 spiro atoms. The van der Waals surface area contributed by atoms with Crippen LogP contribution >= 0.6 is 11.6 Å². The Kier molecular flexibility index (Phi) is 4.91. The van der Waals surface area contributed by atoms with E-state index in [-0.39, 0.29) is 11.7 Å². The maximum Gasteiger partial charge on any atom is 0.259 e. The van der Waals surface area contributed by atoms with Crippen molar-refractivity contribution in [1.29, 1.82) is 0 Å². The van der Waals surface area contributed by atoms with E-state index in [0.29, 0.717) is 33.1 Å². The number of nitrogens with zero attached hydrogens (tertiary/aromatic N) is 2. The van der Waals surface area contributed by atoms with Crippen LogP contribution in [0.5, 0.6) is 0 Å². The number of ketones is 1. The predicted molar refractivity (Wildman–Crippen MR) is 102 cm³/mol. The number of hydrogen-bond acceptors (Lipinski definition) is 3. The number of hydrogen-bond donors (Lipinski definition) is 1. The van der Waals surface area contributed by atoms with E-state index in [1.54, 1.807) is 61.1 Å². The second-order valence-corrected chi connectivity index (χ2v) is 6.45. The maximum absolute atomic E-state index is 12.8. The van der Waals surface area contributed by atoms with Gasteiger partial charge in [0.25, 0.3) is 5.91 Å². The van der Waals surface area contributed by atoms with Crippen LogP contribution in [0.2, 0.25) is 5.02 Å². The monoisotopic (exact) mass is 367 g/mol. The van der Waals surface area contributed by atoms with Crippen LogP contribution in [0.4, 0.5) is 5.69 Å². The zero-order valence-electron chi connectivity index (χ0n) is 14.7. The number of halogens is 1. The van der Waals surface area contributed by atoms with Gasteiger partial charge in [-0.1, -0.05) is 41.9 Å². The average Bonchev–Trinajstić information content (AvgIpc) is 2.88. The third-order valence-electron chi connectivity index (χ3n) is 4.25. The molecule has 3 aromatic rings. The summed E-state index contributed by atoms with van der Waals surface area (Å²) in [6.45, 7) is 3.60. The Hall–Kier alpha value is -2.92. The first-order valence-corrected chi connectivity index (χ1v) is 8.47. The molecule has 26 heavy (non-hydrogen) atoms. The lowest BCUT2D eigenvalue weighted by Crippen LogP contribution is -2.17. The fourth-order valence-electron chi connectivity index (χ4n) is 2.85. The van der Waals surface area contributed by atoms with E-state index in [4.69, 9.17) is 11.6 Å². The van der Waals surface area contributed by atoms with E-state index in [1.165, 1.54) is 0 Å². The summed E-state index contributed by atoms with van der Waals surface area (Å²) in [5.41, 5.74) is 3.17. The topological polar surface area (TPSA) is 64.0 Å². The molecule has 5 nitrogen and oxygen atoms in total. The van der Waals surface area contributed by atoms with E-state index in [2.05, 4.69) is 10.4 Å². The molecule has 1 N–H and O–H groups in total. The Morgan fingerprint density at radius 2 is 1.77 bits per heavy atom. The predicted octanol–water partition coefficient (Wildman–Crippen LogP) is 4.17. The van der Waals surface area contributed by atoms with E-state index >= 15 is 0 Å². The zero-order chi connectivity index (χ0) is 18.8. The SMILES string of the molecule is Cc1nn(C)c(C)c1C(=O)Nc1ccc(Cl)cc1C(=O)c1ccccc1. The fraction of sp³-hybridized carbons (Fsp3) is 0.150. The first kappa shape index (κ1) is 17.9. The van der Waals surface area contributed by atoms with Gasteiger partial charge < -0.3 is 5.32 Å². The molecule has 1 aromatic heterocycles. The molecule has 0 fully saturated rings. The summed E-state index contributed by atoms with van der Waals surface area (Å²) < 4.78 is 1.65.